The van der Waals surface area contributed by atoms with Crippen LogP contribution in [0.3, 0.4) is 0 Å². The second-order valence-electron chi connectivity index (χ2n) is 7.56. The van der Waals surface area contributed by atoms with Crippen molar-refractivity contribution in [2.45, 2.75) is 26.4 Å². The van der Waals surface area contributed by atoms with E-state index in [-0.39, 0.29) is 36.8 Å². The molecule has 0 unspecified atom stereocenters. The van der Waals surface area contributed by atoms with E-state index in [0.717, 1.165) is 5.56 Å². The number of nitrogens with zero attached hydrogens (tertiary/aromatic N) is 2. The van der Waals surface area contributed by atoms with Gasteiger partial charge in [-0.3, -0.25) is 19.7 Å². The van der Waals surface area contributed by atoms with Crippen molar-refractivity contribution in [3.8, 4) is 11.5 Å². The number of nitro benzene ring substituents is 1. The van der Waals surface area contributed by atoms with Gasteiger partial charge in [0.1, 0.15) is 12.4 Å². The molecular formula is C26H26N4O6. The zero-order chi connectivity index (χ0) is 25.8. The minimum atomic E-state index is -0.542. The highest BCUT2D eigenvalue weighted by Crippen LogP contribution is 2.28. The predicted molar refractivity (Wildman–Crippen MR) is 135 cm³/mol. The number of hydrazone groups is 1. The maximum absolute atomic E-state index is 12.1. The second kappa shape index (κ2) is 13.2. The first-order valence-electron chi connectivity index (χ1n) is 11.2. The third-order valence-electron chi connectivity index (χ3n) is 4.85. The summed E-state index contributed by atoms with van der Waals surface area (Å²) < 4.78 is 10.9. The van der Waals surface area contributed by atoms with E-state index in [9.17, 15) is 19.7 Å². The lowest BCUT2D eigenvalue weighted by Crippen LogP contribution is -2.20. The minimum absolute atomic E-state index is 0.0342. The molecule has 10 heteroatoms. The Hall–Kier alpha value is -4.73. The zero-order valence-electron chi connectivity index (χ0n) is 19.7. The van der Waals surface area contributed by atoms with Crippen molar-refractivity contribution >= 4 is 29.4 Å². The molecule has 2 amide bonds. The number of rotatable bonds is 12. The smallest absolute Gasteiger partial charge is 0.311 e. The molecule has 0 atom stereocenters. The Labute approximate surface area is 208 Å². The Bertz CT molecular complexity index is 1210. The van der Waals surface area contributed by atoms with Crippen LogP contribution in [0.2, 0.25) is 0 Å². The van der Waals surface area contributed by atoms with Crippen molar-refractivity contribution in [3.05, 3.63) is 94.0 Å². The highest BCUT2D eigenvalue weighted by atomic mass is 16.6. The normalized spacial score (nSPS) is 10.6. The van der Waals surface area contributed by atoms with Gasteiger partial charge in [-0.15, -0.1) is 0 Å². The molecule has 0 radical (unpaired) electrons. The van der Waals surface area contributed by atoms with Crippen LogP contribution in [0, 0.1) is 10.1 Å². The summed E-state index contributed by atoms with van der Waals surface area (Å²) in [5.74, 6) is 0.0430. The van der Waals surface area contributed by atoms with Gasteiger partial charge in [-0.2, -0.15) is 5.10 Å². The van der Waals surface area contributed by atoms with E-state index < -0.39 is 10.8 Å². The number of ether oxygens (including phenoxy) is 2. The van der Waals surface area contributed by atoms with Crippen molar-refractivity contribution in [1.29, 1.82) is 0 Å². The molecule has 186 valence electrons. The number of amides is 2. The van der Waals surface area contributed by atoms with Crippen molar-refractivity contribution in [3.63, 3.8) is 0 Å². The van der Waals surface area contributed by atoms with E-state index in [0.29, 0.717) is 23.6 Å². The van der Waals surface area contributed by atoms with E-state index in [1.54, 1.807) is 30.3 Å². The lowest BCUT2D eigenvalue weighted by molar-refractivity contribution is -0.385. The zero-order valence-corrected chi connectivity index (χ0v) is 19.7. The van der Waals surface area contributed by atoms with Crippen LogP contribution in [0.15, 0.2) is 77.9 Å². The molecule has 3 aromatic rings. The van der Waals surface area contributed by atoms with Gasteiger partial charge in [0.05, 0.1) is 17.7 Å². The van der Waals surface area contributed by atoms with Crippen molar-refractivity contribution < 1.29 is 24.0 Å². The van der Waals surface area contributed by atoms with Crippen LogP contribution in [-0.2, 0) is 16.2 Å². The summed E-state index contributed by atoms with van der Waals surface area (Å²) in [6.07, 6.45) is 1.17. The lowest BCUT2D eigenvalue weighted by atomic mass is 10.2. The molecule has 3 rings (SSSR count). The maximum Gasteiger partial charge on any atom is 0.311 e. The van der Waals surface area contributed by atoms with Crippen molar-refractivity contribution in [1.82, 2.24) is 5.43 Å². The third kappa shape index (κ3) is 8.24. The summed E-state index contributed by atoms with van der Waals surface area (Å²) in [5, 5.41) is 18.0. The average molecular weight is 491 g/mol. The summed E-state index contributed by atoms with van der Waals surface area (Å²) in [4.78, 5) is 35.0. The van der Waals surface area contributed by atoms with Crippen LogP contribution in [0.4, 0.5) is 11.4 Å². The third-order valence-corrected chi connectivity index (χ3v) is 4.85. The molecule has 0 aliphatic rings. The largest absolute Gasteiger partial charge is 0.494 e. The Morgan fingerprint density at radius 3 is 2.39 bits per heavy atom. The summed E-state index contributed by atoms with van der Waals surface area (Å²) in [6, 6.07) is 20.6. The number of nitrogens with one attached hydrogen (secondary N) is 2. The van der Waals surface area contributed by atoms with Gasteiger partial charge >= 0.3 is 5.69 Å². The molecule has 10 nitrogen and oxygen atoms in total. The van der Waals surface area contributed by atoms with Gasteiger partial charge in [-0.1, -0.05) is 30.3 Å². The van der Waals surface area contributed by atoms with Crippen molar-refractivity contribution in [2.24, 2.45) is 5.10 Å². The molecule has 0 spiro atoms. The Balaban J connectivity index is 1.47. The highest BCUT2D eigenvalue weighted by molar-refractivity contribution is 5.93. The monoisotopic (exact) mass is 490 g/mol. The first-order chi connectivity index (χ1) is 17.4. The molecule has 0 saturated carbocycles. The number of hydrogen-bond acceptors (Lipinski definition) is 7. The van der Waals surface area contributed by atoms with Crippen LogP contribution in [0.5, 0.6) is 11.5 Å². The molecule has 0 aliphatic carbocycles. The number of carbonyl (C=O) groups excluding carboxylic acids is 2. The van der Waals surface area contributed by atoms with Gasteiger partial charge in [0, 0.05) is 30.2 Å². The molecule has 0 heterocycles. The van der Waals surface area contributed by atoms with Crippen LogP contribution in [0.1, 0.15) is 30.9 Å². The van der Waals surface area contributed by atoms with E-state index in [1.165, 1.54) is 18.3 Å². The Morgan fingerprint density at radius 1 is 0.972 bits per heavy atom. The number of hydrogen-bond donors (Lipinski definition) is 2. The molecule has 0 fully saturated rings. The molecule has 3 aromatic carbocycles. The summed E-state index contributed by atoms with van der Waals surface area (Å²) in [6.45, 7) is 2.62. The molecular weight excluding hydrogens is 464 g/mol. The summed E-state index contributed by atoms with van der Waals surface area (Å²) in [5.41, 5.74) is 3.98. The van der Waals surface area contributed by atoms with Gasteiger partial charge < -0.3 is 14.8 Å². The van der Waals surface area contributed by atoms with Gasteiger partial charge in [-0.25, -0.2) is 5.43 Å². The minimum Gasteiger partial charge on any atom is -0.494 e. The molecule has 0 bridgehead atoms. The van der Waals surface area contributed by atoms with Crippen LogP contribution in [0.25, 0.3) is 0 Å². The summed E-state index contributed by atoms with van der Waals surface area (Å²) in [7, 11) is 0. The quantitative estimate of drug-likeness (QED) is 0.219. The van der Waals surface area contributed by atoms with Gasteiger partial charge in [-0.05, 0) is 48.9 Å². The molecule has 0 aromatic heterocycles. The van der Waals surface area contributed by atoms with E-state index in [2.05, 4.69) is 15.8 Å². The lowest BCUT2D eigenvalue weighted by Gasteiger charge is -2.07. The fraction of sp³-hybridized carbons (Fsp3) is 0.192. The molecule has 0 aliphatic heterocycles. The van der Waals surface area contributed by atoms with Gasteiger partial charge in [0.15, 0.2) is 5.75 Å². The molecule has 36 heavy (non-hydrogen) atoms. The molecule has 0 saturated heterocycles. The number of benzene rings is 3. The van der Waals surface area contributed by atoms with E-state index >= 15 is 0 Å². The van der Waals surface area contributed by atoms with E-state index in [1.807, 2.05) is 37.3 Å². The fourth-order valence-corrected chi connectivity index (χ4v) is 3.10. The fourth-order valence-electron chi connectivity index (χ4n) is 3.10. The van der Waals surface area contributed by atoms with Crippen molar-refractivity contribution in [2.75, 3.05) is 11.9 Å². The predicted octanol–water partition coefficient (Wildman–Crippen LogP) is 4.44. The standard InChI is InChI=1S/C26H26N4O6/c1-2-35-22-11-9-21(10-12-22)28-25(31)14-15-26(32)29-27-17-20-8-13-24(23(16-20)30(33)34)36-18-19-6-4-3-5-7-19/h3-13,16-17H,2,14-15,18H2,1H3,(H,28,31)(H,29,32). The van der Waals surface area contributed by atoms with Crippen LogP contribution in [-0.4, -0.2) is 29.6 Å². The number of nitro groups is 1. The van der Waals surface area contributed by atoms with Crippen LogP contribution < -0.4 is 20.2 Å². The second-order valence-corrected chi connectivity index (χ2v) is 7.56. The van der Waals surface area contributed by atoms with Gasteiger partial charge in [0.2, 0.25) is 11.8 Å². The summed E-state index contributed by atoms with van der Waals surface area (Å²) >= 11 is 0. The van der Waals surface area contributed by atoms with E-state index in [4.69, 9.17) is 9.47 Å². The Kier molecular flexibility index (Phi) is 9.51. The molecule has 2 N–H and O–H groups in total. The van der Waals surface area contributed by atoms with Gasteiger partial charge in [0.25, 0.3) is 0 Å². The Morgan fingerprint density at radius 2 is 1.69 bits per heavy atom. The first kappa shape index (κ1) is 25.9. The maximum atomic E-state index is 12.1. The number of anilines is 1. The topological polar surface area (TPSA) is 132 Å². The first-order valence-corrected chi connectivity index (χ1v) is 11.2. The van der Waals surface area contributed by atoms with Crippen LogP contribution >= 0.6 is 0 Å². The average Bonchev–Trinajstić information content (AvgIpc) is 2.88. The number of carbonyl (C=O) groups is 2. The highest BCUT2D eigenvalue weighted by Gasteiger charge is 2.16. The SMILES string of the molecule is CCOc1ccc(NC(=O)CCC(=O)NN=Cc2ccc(OCc3ccccc3)c([N+](=O)[O-])c2)cc1.